The van der Waals surface area contributed by atoms with Crippen LogP contribution in [0.1, 0.15) is 10.5 Å². The van der Waals surface area contributed by atoms with Gasteiger partial charge in [-0.25, -0.2) is 0 Å². The van der Waals surface area contributed by atoms with Crippen molar-refractivity contribution < 1.29 is 14.6 Å². The number of aliphatic hydroxyl groups is 1. The third-order valence-electron chi connectivity index (χ3n) is 2.19. The number of likely N-dealkylation sites (N-methyl/N-ethyl adjacent to an activating group) is 1. The van der Waals surface area contributed by atoms with Gasteiger partial charge in [0.05, 0.1) is 24.9 Å². The zero-order valence-electron chi connectivity index (χ0n) is 9.64. The fourth-order valence-corrected chi connectivity index (χ4v) is 1.50. The first-order chi connectivity index (χ1) is 7.63. The topological polar surface area (TPSA) is 65.6 Å². The first-order valence-corrected chi connectivity index (χ1v) is 5.15. The van der Waals surface area contributed by atoms with Crippen LogP contribution in [0.2, 0.25) is 0 Å². The van der Waals surface area contributed by atoms with Gasteiger partial charge < -0.3 is 14.8 Å². The minimum Gasteiger partial charge on any atom is -0.389 e. The molecule has 0 radical (unpaired) electrons. The summed E-state index contributed by atoms with van der Waals surface area (Å²) in [7, 11) is 3.33. The van der Waals surface area contributed by atoms with Crippen LogP contribution in [0, 0.1) is 0 Å². The van der Waals surface area contributed by atoms with E-state index in [1.54, 1.807) is 30.3 Å². The molecular formula is C11H18N2O3. The summed E-state index contributed by atoms with van der Waals surface area (Å²) >= 11 is 0. The van der Waals surface area contributed by atoms with Gasteiger partial charge in [-0.1, -0.05) is 0 Å². The Morgan fingerprint density at radius 3 is 3.00 bits per heavy atom. The van der Waals surface area contributed by atoms with Crippen molar-refractivity contribution in [2.45, 2.75) is 6.10 Å². The number of methoxy groups -OCH3 is 1. The van der Waals surface area contributed by atoms with Crippen molar-refractivity contribution in [2.75, 3.05) is 33.9 Å². The predicted octanol–water partition coefficient (Wildman–Crippen LogP) is 0.136. The van der Waals surface area contributed by atoms with Crippen LogP contribution < -0.4 is 0 Å². The number of aromatic amines is 1. The average molecular weight is 226 g/mol. The summed E-state index contributed by atoms with van der Waals surface area (Å²) in [5.74, 6) is 0.0112. The molecule has 0 spiro atoms. The quantitative estimate of drug-likeness (QED) is 0.649. The number of hydrogen-bond acceptors (Lipinski definition) is 4. The van der Waals surface area contributed by atoms with Gasteiger partial charge in [-0.2, -0.15) is 0 Å². The predicted molar refractivity (Wildman–Crippen MR) is 60.5 cm³/mol. The van der Waals surface area contributed by atoms with Crippen molar-refractivity contribution in [1.29, 1.82) is 0 Å². The molecule has 0 aromatic carbocycles. The van der Waals surface area contributed by atoms with Crippen molar-refractivity contribution in [3.8, 4) is 0 Å². The molecule has 0 bridgehead atoms. The molecule has 1 aromatic rings. The summed E-state index contributed by atoms with van der Waals surface area (Å²) in [6.45, 7) is 0.975. The highest BCUT2D eigenvalue weighted by molar-refractivity contribution is 5.95. The van der Waals surface area contributed by atoms with E-state index in [4.69, 9.17) is 4.74 Å². The number of carbonyl (C=O) groups is 1. The van der Waals surface area contributed by atoms with Crippen LogP contribution in [-0.2, 0) is 4.74 Å². The van der Waals surface area contributed by atoms with Gasteiger partial charge in [0.25, 0.3) is 0 Å². The van der Waals surface area contributed by atoms with Crippen molar-refractivity contribution in [3.05, 3.63) is 24.0 Å². The van der Waals surface area contributed by atoms with Crippen LogP contribution in [0.5, 0.6) is 0 Å². The normalized spacial score (nSPS) is 13.0. The molecule has 0 aliphatic carbocycles. The largest absolute Gasteiger partial charge is 0.389 e. The van der Waals surface area contributed by atoms with Gasteiger partial charge in [-0.3, -0.25) is 9.69 Å². The molecule has 2 N–H and O–H groups in total. The number of ether oxygens (including phenoxy) is 1. The molecule has 1 heterocycles. The number of aromatic nitrogens is 1. The van der Waals surface area contributed by atoms with Crippen LogP contribution in [-0.4, -0.2) is 60.7 Å². The summed E-state index contributed by atoms with van der Waals surface area (Å²) in [6.07, 6.45) is 1.15. The molecule has 0 saturated carbocycles. The first-order valence-electron chi connectivity index (χ1n) is 5.15. The SMILES string of the molecule is COCC(O)CN(C)CC(=O)c1ccc[nH]1. The number of hydrogen-bond donors (Lipinski definition) is 2. The van der Waals surface area contributed by atoms with Gasteiger partial charge in [-0.05, 0) is 19.2 Å². The average Bonchev–Trinajstić information content (AvgIpc) is 2.69. The molecule has 0 aliphatic heterocycles. The Kier molecular flexibility index (Phi) is 5.18. The molecule has 1 aromatic heterocycles. The number of H-pyrrole nitrogens is 1. The molecule has 0 fully saturated rings. The number of Topliss-reactive ketones (excluding diaryl/α,β-unsaturated/α-hetero) is 1. The molecule has 0 aliphatic rings. The number of aliphatic hydroxyl groups excluding tert-OH is 1. The number of nitrogens with zero attached hydrogens (tertiary/aromatic N) is 1. The lowest BCUT2D eigenvalue weighted by atomic mass is 10.2. The van der Waals surface area contributed by atoms with E-state index in [1.165, 1.54) is 7.11 Å². The highest BCUT2D eigenvalue weighted by Crippen LogP contribution is 1.98. The second kappa shape index (κ2) is 6.42. The maximum atomic E-state index is 11.7. The molecule has 0 amide bonds. The number of carbonyl (C=O) groups excluding carboxylic acids is 1. The maximum Gasteiger partial charge on any atom is 0.192 e. The van der Waals surface area contributed by atoms with Crippen LogP contribution in [0.15, 0.2) is 18.3 Å². The van der Waals surface area contributed by atoms with E-state index < -0.39 is 6.10 Å². The second-order valence-corrected chi connectivity index (χ2v) is 3.81. The Hall–Kier alpha value is -1.17. The van der Waals surface area contributed by atoms with E-state index >= 15 is 0 Å². The van der Waals surface area contributed by atoms with Gasteiger partial charge in [0, 0.05) is 19.9 Å². The van der Waals surface area contributed by atoms with Crippen LogP contribution in [0.3, 0.4) is 0 Å². The Morgan fingerprint density at radius 1 is 1.69 bits per heavy atom. The Bertz CT molecular complexity index is 311. The van der Waals surface area contributed by atoms with Crippen molar-refractivity contribution in [1.82, 2.24) is 9.88 Å². The second-order valence-electron chi connectivity index (χ2n) is 3.81. The van der Waals surface area contributed by atoms with Gasteiger partial charge >= 0.3 is 0 Å². The molecule has 90 valence electrons. The zero-order valence-corrected chi connectivity index (χ0v) is 9.64. The van der Waals surface area contributed by atoms with Gasteiger partial charge in [0.15, 0.2) is 5.78 Å². The highest BCUT2D eigenvalue weighted by Gasteiger charge is 2.13. The van der Waals surface area contributed by atoms with Crippen LogP contribution >= 0.6 is 0 Å². The molecule has 16 heavy (non-hydrogen) atoms. The number of ketones is 1. The fourth-order valence-electron chi connectivity index (χ4n) is 1.50. The van der Waals surface area contributed by atoms with Gasteiger partial charge in [0.2, 0.25) is 0 Å². The van der Waals surface area contributed by atoms with Gasteiger partial charge in [-0.15, -0.1) is 0 Å². The van der Waals surface area contributed by atoms with E-state index in [-0.39, 0.29) is 18.9 Å². The van der Waals surface area contributed by atoms with E-state index in [2.05, 4.69) is 4.98 Å². The fraction of sp³-hybridized carbons (Fsp3) is 0.545. The van der Waals surface area contributed by atoms with Crippen LogP contribution in [0.25, 0.3) is 0 Å². The Morgan fingerprint density at radius 2 is 2.44 bits per heavy atom. The summed E-state index contributed by atoms with van der Waals surface area (Å²) < 4.78 is 4.81. The first kappa shape index (κ1) is 12.9. The highest BCUT2D eigenvalue weighted by atomic mass is 16.5. The van der Waals surface area contributed by atoms with Crippen molar-refractivity contribution >= 4 is 5.78 Å². The lowest BCUT2D eigenvalue weighted by molar-refractivity contribution is 0.0427. The van der Waals surface area contributed by atoms with E-state index in [0.29, 0.717) is 12.2 Å². The lowest BCUT2D eigenvalue weighted by Gasteiger charge is -2.18. The summed E-state index contributed by atoms with van der Waals surface area (Å²) in [5.41, 5.74) is 0.591. The standard InChI is InChI=1S/C11H18N2O3/c1-13(6-9(14)8-16-2)7-11(15)10-4-3-5-12-10/h3-5,9,12,14H,6-8H2,1-2H3. The Balaban J connectivity index is 2.34. The zero-order chi connectivity index (χ0) is 12.0. The molecular weight excluding hydrogens is 208 g/mol. The van der Waals surface area contributed by atoms with Crippen molar-refractivity contribution in [2.24, 2.45) is 0 Å². The summed E-state index contributed by atoms with van der Waals surface area (Å²) in [6, 6.07) is 3.52. The van der Waals surface area contributed by atoms with Gasteiger partial charge in [0.1, 0.15) is 0 Å². The Labute approximate surface area is 95.0 Å². The number of nitrogens with one attached hydrogen (secondary N) is 1. The third kappa shape index (κ3) is 4.14. The van der Waals surface area contributed by atoms with Crippen molar-refractivity contribution in [3.63, 3.8) is 0 Å². The van der Waals surface area contributed by atoms with E-state index in [9.17, 15) is 9.90 Å². The minimum absolute atomic E-state index is 0.0112. The molecule has 1 rings (SSSR count). The molecule has 5 nitrogen and oxygen atoms in total. The summed E-state index contributed by atoms with van der Waals surface area (Å²) in [4.78, 5) is 16.3. The smallest absolute Gasteiger partial charge is 0.192 e. The van der Waals surface area contributed by atoms with E-state index in [0.717, 1.165) is 0 Å². The molecule has 0 saturated heterocycles. The van der Waals surface area contributed by atoms with E-state index in [1.807, 2.05) is 0 Å². The lowest BCUT2D eigenvalue weighted by Crippen LogP contribution is -2.35. The maximum absolute atomic E-state index is 11.7. The molecule has 5 heteroatoms. The minimum atomic E-state index is -0.563. The third-order valence-corrected chi connectivity index (χ3v) is 2.19. The monoisotopic (exact) mass is 226 g/mol. The molecule has 1 atom stereocenters. The number of rotatable bonds is 7. The summed E-state index contributed by atoms with van der Waals surface area (Å²) in [5, 5.41) is 9.48. The molecule has 1 unspecified atom stereocenters. The van der Waals surface area contributed by atoms with Crippen LogP contribution in [0.4, 0.5) is 0 Å².